The monoisotopic (exact) mass is 944 g/mol. The highest BCUT2D eigenvalue weighted by atomic mass is 32.2. The van der Waals surface area contributed by atoms with Gasteiger partial charge in [-0.25, -0.2) is 13.1 Å². The van der Waals surface area contributed by atoms with E-state index in [1.807, 2.05) is 35.4 Å². The molecule has 3 atom stereocenters. The van der Waals surface area contributed by atoms with Gasteiger partial charge in [-0.3, -0.25) is 19.8 Å². The number of piperidine rings is 1. The Labute approximate surface area is 396 Å². The van der Waals surface area contributed by atoms with Crippen LogP contribution in [-0.4, -0.2) is 105 Å². The first-order valence-corrected chi connectivity index (χ1v) is 25.9. The number of benzene rings is 3. The number of nitrogens with one attached hydrogen (secondary N) is 3. The molecule has 11 rings (SSSR count). The Morgan fingerprint density at radius 1 is 0.941 bits per heavy atom. The van der Waals surface area contributed by atoms with Crippen molar-refractivity contribution in [3.05, 3.63) is 106 Å². The lowest BCUT2D eigenvalue weighted by atomic mass is 9.59. The number of pyridine rings is 1. The molecule has 0 bridgehead atoms. The number of carbonyl (C=O) groups is 1. The Morgan fingerprint density at radius 3 is 2.56 bits per heavy atom. The number of rotatable bonds is 11. The van der Waals surface area contributed by atoms with Gasteiger partial charge in [0.1, 0.15) is 23.1 Å². The maximum absolute atomic E-state index is 14.6. The first-order valence-electron chi connectivity index (χ1n) is 24.4. The van der Waals surface area contributed by atoms with Crippen molar-refractivity contribution in [2.24, 2.45) is 17.3 Å². The van der Waals surface area contributed by atoms with Crippen molar-refractivity contribution in [1.29, 1.82) is 0 Å². The summed E-state index contributed by atoms with van der Waals surface area (Å²) >= 11 is 0. The maximum Gasteiger partial charge on any atom is 0.293 e. The van der Waals surface area contributed by atoms with Gasteiger partial charge in [0, 0.05) is 87.2 Å². The molecule has 5 aliphatic heterocycles. The Morgan fingerprint density at radius 2 is 1.75 bits per heavy atom. The van der Waals surface area contributed by atoms with Gasteiger partial charge in [-0.05, 0) is 130 Å². The molecule has 4 saturated heterocycles. The number of aryl methyl sites for hydroxylation is 1. The summed E-state index contributed by atoms with van der Waals surface area (Å²) in [7, 11) is -4.59. The lowest BCUT2D eigenvalue weighted by Crippen LogP contribution is -2.54. The van der Waals surface area contributed by atoms with Crippen molar-refractivity contribution in [3.63, 3.8) is 0 Å². The van der Waals surface area contributed by atoms with Crippen LogP contribution in [0.3, 0.4) is 0 Å². The number of H-pyrrole nitrogens is 1. The zero-order valence-corrected chi connectivity index (χ0v) is 39.3. The molecule has 1 amide bonds. The van der Waals surface area contributed by atoms with Crippen LogP contribution in [0.1, 0.15) is 85.3 Å². The second kappa shape index (κ2) is 18.3. The standard InChI is InChI=1S/C51H60N8O8S/c1-33-5-2-3-6-40(33)43-7-4-19-57(43)38-28-51(29-38)16-20-56(21-17-51)37-8-10-41(44(26-37)58-31-36-32-66-24-15-47(36)67-50-46(58)25-35-12-18-52-48(35)54-50)49(60)55-68(63,64)39-9-11-42(45(27-39)59(61)62)53-30-34-13-22-65-23-14-34/h2-3,5-6,8-12,18,25-27,34,36,38,43,47,53H,4,7,13-17,19-24,28-32H2,1H3,(H,52,54)(H,55,60)/t36-,43-,47-/m0/s1. The quantitative estimate of drug-likeness (QED) is 0.0851. The molecule has 0 radical (unpaired) electrons. The van der Waals surface area contributed by atoms with Gasteiger partial charge >= 0.3 is 0 Å². The van der Waals surface area contributed by atoms with Crippen LogP contribution in [0.5, 0.6) is 5.88 Å². The molecule has 0 unspecified atom stereocenters. The van der Waals surface area contributed by atoms with Gasteiger partial charge in [-0.1, -0.05) is 24.3 Å². The second-order valence-electron chi connectivity index (χ2n) is 19.9. The van der Waals surface area contributed by atoms with Gasteiger partial charge in [0.15, 0.2) is 0 Å². The van der Waals surface area contributed by atoms with Crippen LogP contribution < -0.4 is 24.6 Å². The van der Waals surface area contributed by atoms with Crippen LogP contribution in [0.15, 0.2) is 83.9 Å². The number of hydrogen-bond acceptors (Lipinski definition) is 13. The lowest BCUT2D eigenvalue weighted by Gasteiger charge is -2.56. The molecule has 2 aromatic heterocycles. The summed E-state index contributed by atoms with van der Waals surface area (Å²) < 4.78 is 48.6. The third kappa shape index (κ3) is 8.66. The fraction of sp³-hybridized carbons (Fsp3) is 0.490. The fourth-order valence-electron chi connectivity index (χ4n) is 11.9. The topological polar surface area (TPSA) is 184 Å². The molecule has 3 aromatic carbocycles. The Bertz CT molecular complexity index is 2820. The molecular weight excluding hydrogens is 885 g/mol. The first-order chi connectivity index (χ1) is 33.0. The highest BCUT2D eigenvalue weighted by Gasteiger charge is 2.50. The van der Waals surface area contributed by atoms with Crippen molar-refractivity contribution < 1.29 is 32.3 Å². The number of fused-ring (bicyclic) bond motifs is 3. The smallest absolute Gasteiger partial charge is 0.293 e. The Hall–Kier alpha value is -5.75. The second-order valence-corrected chi connectivity index (χ2v) is 21.6. The highest BCUT2D eigenvalue weighted by molar-refractivity contribution is 7.90. The molecule has 6 aliphatic rings. The van der Waals surface area contributed by atoms with E-state index in [-0.39, 0.29) is 29.2 Å². The SMILES string of the molecule is Cc1ccccc1[C@@H]1CCCN1C1CC2(CCN(c3ccc(C(=O)NS(=O)(=O)c4ccc(NCC5CCOCC5)c([N+](=O)[O-])c4)c(N4C[C@H]5COCC[C@@H]5Oc5nc6[nH]ccc6cc54)c3)CC2)C1. The fourth-order valence-corrected chi connectivity index (χ4v) is 12.9. The van der Waals surface area contributed by atoms with E-state index in [0.29, 0.717) is 86.3 Å². The van der Waals surface area contributed by atoms with E-state index >= 15 is 0 Å². The predicted octanol–water partition coefficient (Wildman–Crippen LogP) is 8.26. The molecule has 5 aromatic rings. The van der Waals surface area contributed by atoms with E-state index < -0.39 is 31.4 Å². The molecule has 1 aliphatic carbocycles. The molecule has 358 valence electrons. The number of nitrogens with zero attached hydrogens (tertiary/aromatic N) is 5. The molecule has 5 fully saturated rings. The van der Waals surface area contributed by atoms with Crippen molar-refractivity contribution in [2.75, 3.05) is 74.3 Å². The Balaban J connectivity index is 0.879. The summed E-state index contributed by atoms with van der Waals surface area (Å²) in [6.45, 7) is 8.27. The summed E-state index contributed by atoms with van der Waals surface area (Å²) in [6, 6.07) is 23.2. The summed E-state index contributed by atoms with van der Waals surface area (Å²) in [5, 5.41) is 16.3. The first kappa shape index (κ1) is 44.7. The number of ether oxygens (including phenoxy) is 3. The van der Waals surface area contributed by atoms with Gasteiger partial charge in [-0.15, -0.1) is 0 Å². The number of nitro benzene ring substituents is 1. The van der Waals surface area contributed by atoms with Crippen LogP contribution in [0.25, 0.3) is 11.0 Å². The number of amides is 1. The van der Waals surface area contributed by atoms with Crippen LogP contribution in [0.2, 0.25) is 0 Å². The van der Waals surface area contributed by atoms with Crippen LogP contribution in [-0.2, 0) is 19.5 Å². The number of hydrogen-bond donors (Lipinski definition) is 3. The van der Waals surface area contributed by atoms with E-state index in [4.69, 9.17) is 19.2 Å². The number of aromatic amines is 1. The maximum atomic E-state index is 14.6. The van der Waals surface area contributed by atoms with Gasteiger partial charge in [0.2, 0.25) is 5.88 Å². The lowest BCUT2D eigenvalue weighted by molar-refractivity contribution is -0.384. The third-order valence-corrected chi connectivity index (χ3v) is 17.2. The van der Waals surface area contributed by atoms with E-state index in [2.05, 4.69) is 56.0 Å². The predicted molar refractivity (Wildman–Crippen MR) is 259 cm³/mol. The molecule has 3 N–H and O–H groups in total. The molecule has 68 heavy (non-hydrogen) atoms. The summed E-state index contributed by atoms with van der Waals surface area (Å²) in [5.74, 6) is -0.255. The van der Waals surface area contributed by atoms with E-state index in [9.17, 15) is 23.3 Å². The van der Waals surface area contributed by atoms with E-state index in [1.165, 1.54) is 48.9 Å². The van der Waals surface area contributed by atoms with Gasteiger partial charge in [0.05, 0.1) is 34.3 Å². The number of likely N-dealkylation sites (tertiary alicyclic amines) is 1. The molecule has 1 spiro atoms. The average Bonchev–Trinajstić information content (AvgIpc) is 3.98. The number of sulfonamides is 1. The molecule has 16 nitrogen and oxygen atoms in total. The van der Waals surface area contributed by atoms with Crippen LogP contribution >= 0.6 is 0 Å². The summed E-state index contributed by atoms with van der Waals surface area (Å²) in [5.41, 5.74) is 5.85. The molecule has 17 heteroatoms. The number of nitro groups is 1. The highest BCUT2D eigenvalue weighted by Crippen LogP contribution is 2.54. The minimum absolute atomic E-state index is 0.0823. The Kier molecular flexibility index (Phi) is 12.0. The minimum atomic E-state index is -4.59. The van der Waals surface area contributed by atoms with Crippen molar-refractivity contribution in [2.45, 2.75) is 87.8 Å². The van der Waals surface area contributed by atoms with E-state index in [0.717, 1.165) is 62.5 Å². The van der Waals surface area contributed by atoms with E-state index in [1.54, 1.807) is 6.07 Å². The van der Waals surface area contributed by atoms with Crippen LogP contribution in [0, 0.1) is 34.3 Å². The van der Waals surface area contributed by atoms with Gasteiger partial charge < -0.3 is 34.3 Å². The zero-order chi connectivity index (χ0) is 46.6. The van der Waals surface area contributed by atoms with Gasteiger partial charge in [0.25, 0.3) is 21.6 Å². The van der Waals surface area contributed by atoms with Crippen molar-refractivity contribution in [3.8, 4) is 5.88 Å². The number of aromatic nitrogens is 2. The van der Waals surface area contributed by atoms with Crippen molar-refractivity contribution >= 4 is 55.4 Å². The minimum Gasteiger partial charge on any atom is -0.472 e. The molecular formula is C51H60N8O8S. The molecule has 7 heterocycles. The number of anilines is 4. The third-order valence-electron chi connectivity index (χ3n) is 15.8. The summed E-state index contributed by atoms with van der Waals surface area (Å²) in [4.78, 5) is 41.2. The summed E-state index contributed by atoms with van der Waals surface area (Å²) in [6.07, 6.45) is 10.9. The normalized spacial score (nSPS) is 23.3. The van der Waals surface area contributed by atoms with Gasteiger partial charge in [-0.2, -0.15) is 4.98 Å². The number of carbonyl (C=O) groups excluding carboxylic acids is 1. The largest absolute Gasteiger partial charge is 0.472 e. The molecule has 1 saturated carbocycles. The zero-order valence-electron chi connectivity index (χ0n) is 38.5. The van der Waals surface area contributed by atoms with Crippen LogP contribution in [0.4, 0.5) is 28.4 Å². The van der Waals surface area contributed by atoms with Crippen molar-refractivity contribution in [1.82, 2.24) is 19.6 Å². The average molecular weight is 945 g/mol.